The van der Waals surface area contributed by atoms with Crippen molar-refractivity contribution in [1.29, 1.82) is 0 Å². The van der Waals surface area contributed by atoms with E-state index in [1.54, 1.807) is 0 Å². The lowest BCUT2D eigenvalue weighted by Gasteiger charge is -2.22. The molecule has 0 aromatic heterocycles. The highest BCUT2D eigenvalue weighted by atomic mass is 16.5. The molecular formula is C13H25N3O4. The van der Waals surface area contributed by atoms with Gasteiger partial charge >= 0.3 is 12.0 Å². The zero-order valence-corrected chi connectivity index (χ0v) is 12.4. The summed E-state index contributed by atoms with van der Waals surface area (Å²) in [6.07, 6.45) is 2.40. The highest BCUT2D eigenvalue weighted by molar-refractivity contribution is 5.86. The van der Waals surface area contributed by atoms with E-state index in [-0.39, 0.29) is 17.8 Å². The molecule has 2 unspecified atom stereocenters. The van der Waals surface area contributed by atoms with Gasteiger partial charge in [0.2, 0.25) is 5.91 Å². The first-order valence-corrected chi connectivity index (χ1v) is 6.82. The van der Waals surface area contributed by atoms with Crippen molar-refractivity contribution in [3.63, 3.8) is 0 Å². The van der Waals surface area contributed by atoms with Crippen molar-refractivity contribution >= 4 is 17.9 Å². The van der Waals surface area contributed by atoms with Gasteiger partial charge in [-0.1, -0.05) is 20.3 Å². The number of hydrogen-bond acceptors (Lipinski definition) is 4. The highest BCUT2D eigenvalue weighted by Crippen LogP contribution is 2.07. The maximum atomic E-state index is 12.0. The molecule has 0 spiro atoms. The highest BCUT2D eigenvalue weighted by Gasteiger charge is 2.24. The van der Waals surface area contributed by atoms with Crippen LogP contribution in [0.4, 0.5) is 4.79 Å². The van der Waals surface area contributed by atoms with E-state index < -0.39 is 12.1 Å². The van der Waals surface area contributed by atoms with Crippen LogP contribution in [0.1, 0.15) is 39.5 Å². The van der Waals surface area contributed by atoms with Crippen LogP contribution in [-0.4, -0.2) is 37.6 Å². The van der Waals surface area contributed by atoms with Crippen LogP contribution in [0.5, 0.6) is 0 Å². The average Bonchev–Trinajstić information content (AvgIpc) is 2.42. The van der Waals surface area contributed by atoms with E-state index in [0.29, 0.717) is 25.8 Å². The van der Waals surface area contributed by atoms with Gasteiger partial charge in [0.15, 0.2) is 0 Å². The maximum absolute atomic E-state index is 12.0. The van der Waals surface area contributed by atoms with Gasteiger partial charge in [-0.2, -0.15) is 0 Å². The number of rotatable bonds is 9. The molecule has 0 aromatic carbocycles. The average molecular weight is 287 g/mol. The molecular weight excluding hydrogens is 262 g/mol. The fourth-order valence-corrected chi connectivity index (χ4v) is 1.67. The molecule has 0 rings (SSSR count). The van der Waals surface area contributed by atoms with Crippen LogP contribution in [-0.2, 0) is 14.3 Å². The summed E-state index contributed by atoms with van der Waals surface area (Å²) in [6, 6.07) is -1.34. The second-order valence-corrected chi connectivity index (χ2v) is 4.70. The molecule has 0 radical (unpaired) electrons. The number of nitrogens with two attached hydrogens (primary N) is 1. The lowest BCUT2D eigenvalue weighted by molar-refractivity contribution is -0.140. The molecule has 0 aromatic rings. The third-order valence-electron chi connectivity index (χ3n) is 3.13. The number of primary amides is 1. The van der Waals surface area contributed by atoms with Crippen LogP contribution in [0.3, 0.4) is 0 Å². The van der Waals surface area contributed by atoms with E-state index in [2.05, 4.69) is 15.4 Å². The number of amides is 3. The number of carbonyl (C=O) groups excluding carboxylic acids is 3. The molecule has 0 aliphatic rings. The smallest absolute Gasteiger partial charge is 0.312 e. The van der Waals surface area contributed by atoms with Crippen LogP contribution in [0, 0.1) is 5.92 Å². The first-order valence-electron chi connectivity index (χ1n) is 6.82. The predicted octanol–water partition coefficient (Wildman–Crippen LogP) is 0.529. The fourth-order valence-electron chi connectivity index (χ4n) is 1.67. The van der Waals surface area contributed by atoms with Gasteiger partial charge in [-0.3, -0.25) is 9.59 Å². The standard InChI is InChI=1S/C13H25N3O4/c1-4-9(2)11(16-13(14)19)12(18)15-8-6-5-7-10(17)20-3/h9,11H,4-8H2,1-3H3,(H,15,18)(H3,14,16,19). The number of carbonyl (C=O) groups is 3. The van der Waals surface area contributed by atoms with Gasteiger partial charge in [0.25, 0.3) is 0 Å². The predicted molar refractivity (Wildman–Crippen MR) is 74.8 cm³/mol. The number of esters is 1. The molecule has 0 fully saturated rings. The number of nitrogens with one attached hydrogen (secondary N) is 2. The van der Waals surface area contributed by atoms with Crippen molar-refractivity contribution in [2.75, 3.05) is 13.7 Å². The topological polar surface area (TPSA) is 111 Å². The summed E-state index contributed by atoms with van der Waals surface area (Å²) in [4.78, 5) is 33.8. The number of urea groups is 1. The van der Waals surface area contributed by atoms with E-state index in [4.69, 9.17) is 5.73 Å². The maximum Gasteiger partial charge on any atom is 0.312 e. The van der Waals surface area contributed by atoms with Gasteiger partial charge < -0.3 is 21.1 Å². The van der Waals surface area contributed by atoms with Crippen molar-refractivity contribution in [2.45, 2.75) is 45.6 Å². The van der Waals surface area contributed by atoms with E-state index in [0.717, 1.165) is 6.42 Å². The lowest BCUT2D eigenvalue weighted by atomic mass is 9.98. The van der Waals surface area contributed by atoms with E-state index >= 15 is 0 Å². The lowest BCUT2D eigenvalue weighted by Crippen LogP contribution is -2.51. The van der Waals surface area contributed by atoms with Gasteiger partial charge in [-0.15, -0.1) is 0 Å². The Morgan fingerprint density at radius 1 is 1.25 bits per heavy atom. The second kappa shape index (κ2) is 10.1. The van der Waals surface area contributed by atoms with E-state index in [1.165, 1.54) is 7.11 Å². The quantitative estimate of drug-likeness (QED) is 0.424. The summed E-state index contributed by atoms with van der Waals surface area (Å²) in [7, 11) is 1.34. The van der Waals surface area contributed by atoms with Crippen molar-refractivity contribution in [2.24, 2.45) is 11.7 Å². The monoisotopic (exact) mass is 287 g/mol. The molecule has 0 bridgehead atoms. The number of hydrogen-bond donors (Lipinski definition) is 3. The number of unbranched alkanes of at least 4 members (excludes halogenated alkanes) is 1. The Hall–Kier alpha value is -1.79. The summed E-state index contributed by atoms with van der Waals surface area (Å²) >= 11 is 0. The van der Waals surface area contributed by atoms with Crippen LogP contribution >= 0.6 is 0 Å². The zero-order valence-electron chi connectivity index (χ0n) is 12.4. The summed E-state index contributed by atoms with van der Waals surface area (Å²) in [5.74, 6) is -0.516. The van der Waals surface area contributed by atoms with Gasteiger partial charge in [0.05, 0.1) is 7.11 Å². The third-order valence-corrected chi connectivity index (χ3v) is 3.13. The Labute approximate surface area is 119 Å². The van der Waals surface area contributed by atoms with Crippen LogP contribution in [0.15, 0.2) is 0 Å². The van der Waals surface area contributed by atoms with Gasteiger partial charge in [-0.05, 0) is 18.8 Å². The second-order valence-electron chi connectivity index (χ2n) is 4.70. The molecule has 4 N–H and O–H groups in total. The summed E-state index contributed by atoms with van der Waals surface area (Å²) < 4.78 is 4.52. The normalized spacial score (nSPS) is 13.2. The van der Waals surface area contributed by atoms with Gasteiger partial charge in [0, 0.05) is 13.0 Å². The van der Waals surface area contributed by atoms with Crippen molar-refractivity contribution < 1.29 is 19.1 Å². The Morgan fingerprint density at radius 2 is 1.90 bits per heavy atom. The molecule has 2 atom stereocenters. The Kier molecular flexibility index (Phi) is 9.15. The molecule has 3 amide bonds. The van der Waals surface area contributed by atoms with Crippen LogP contribution < -0.4 is 16.4 Å². The van der Waals surface area contributed by atoms with Crippen LogP contribution in [0.2, 0.25) is 0 Å². The Bertz CT molecular complexity index is 334. The molecule has 20 heavy (non-hydrogen) atoms. The first kappa shape index (κ1) is 18.2. The molecule has 0 heterocycles. The summed E-state index contributed by atoms with van der Waals surface area (Å²) in [5, 5.41) is 5.19. The summed E-state index contributed by atoms with van der Waals surface area (Å²) in [5.41, 5.74) is 5.07. The van der Waals surface area contributed by atoms with Crippen molar-refractivity contribution in [3.8, 4) is 0 Å². The molecule has 7 heteroatoms. The van der Waals surface area contributed by atoms with Crippen LogP contribution in [0.25, 0.3) is 0 Å². The Morgan fingerprint density at radius 3 is 2.40 bits per heavy atom. The molecule has 116 valence electrons. The van der Waals surface area contributed by atoms with Gasteiger partial charge in [0.1, 0.15) is 6.04 Å². The summed E-state index contributed by atoms with van der Waals surface area (Å²) in [6.45, 7) is 4.25. The molecule has 0 aliphatic heterocycles. The van der Waals surface area contributed by atoms with Gasteiger partial charge in [-0.25, -0.2) is 4.79 Å². The molecule has 7 nitrogen and oxygen atoms in total. The van der Waals surface area contributed by atoms with E-state index in [9.17, 15) is 14.4 Å². The van der Waals surface area contributed by atoms with Crippen molar-refractivity contribution in [1.82, 2.24) is 10.6 Å². The van der Waals surface area contributed by atoms with E-state index in [1.807, 2.05) is 13.8 Å². The number of methoxy groups -OCH3 is 1. The molecule has 0 aliphatic carbocycles. The SMILES string of the molecule is CCC(C)C(NC(N)=O)C(=O)NCCCCC(=O)OC. The minimum Gasteiger partial charge on any atom is -0.469 e. The molecule has 0 saturated carbocycles. The minimum absolute atomic E-state index is 0.00225. The third kappa shape index (κ3) is 7.60. The Balaban J connectivity index is 4.07. The minimum atomic E-state index is -0.712. The zero-order chi connectivity index (χ0) is 15.5. The fraction of sp³-hybridized carbons (Fsp3) is 0.769. The first-order chi connectivity index (χ1) is 9.42. The van der Waals surface area contributed by atoms with Crippen molar-refractivity contribution in [3.05, 3.63) is 0 Å². The number of ether oxygens (including phenoxy) is 1. The largest absolute Gasteiger partial charge is 0.469 e. The molecule has 0 saturated heterocycles.